The van der Waals surface area contributed by atoms with Gasteiger partial charge in [0.1, 0.15) is 0 Å². The van der Waals surface area contributed by atoms with E-state index in [1.165, 1.54) is 11.4 Å². The van der Waals surface area contributed by atoms with Crippen LogP contribution in [0.4, 0.5) is 11.4 Å². The first-order chi connectivity index (χ1) is 9.29. The molecule has 0 spiro atoms. The summed E-state index contributed by atoms with van der Waals surface area (Å²) >= 11 is 0. The first-order valence-electron chi connectivity index (χ1n) is 7.56. The maximum Gasteiger partial charge on any atom is 0.0387 e. The predicted molar refractivity (Wildman–Crippen MR) is 88.8 cm³/mol. The van der Waals surface area contributed by atoms with Crippen LogP contribution < -0.4 is 15.1 Å². The van der Waals surface area contributed by atoms with Crippen molar-refractivity contribution in [3.63, 3.8) is 0 Å². The van der Waals surface area contributed by atoms with Crippen molar-refractivity contribution >= 4 is 11.4 Å². The van der Waals surface area contributed by atoms with Gasteiger partial charge in [0.2, 0.25) is 0 Å². The Hall–Kier alpha value is -1.22. The van der Waals surface area contributed by atoms with Gasteiger partial charge >= 0.3 is 0 Å². The zero-order chi connectivity index (χ0) is 14.9. The Balaban J connectivity index is 2.17. The number of rotatable bonds is 2. The summed E-state index contributed by atoms with van der Waals surface area (Å²) in [5, 5.41) is 3.69. The van der Waals surface area contributed by atoms with Gasteiger partial charge in [0.05, 0.1) is 0 Å². The number of nitrogens with one attached hydrogen (secondary N) is 1. The van der Waals surface area contributed by atoms with E-state index in [2.05, 4.69) is 81.2 Å². The van der Waals surface area contributed by atoms with Crippen molar-refractivity contribution in [2.45, 2.75) is 39.8 Å². The van der Waals surface area contributed by atoms with Crippen LogP contribution >= 0.6 is 0 Å². The summed E-state index contributed by atoms with van der Waals surface area (Å²) in [6, 6.07) is 9.98. The first kappa shape index (κ1) is 15.2. The van der Waals surface area contributed by atoms with E-state index in [0.29, 0.717) is 17.5 Å². The van der Waals surface area contributed by atoms with E-state index < -0.39 is 0 Å². The fourth-order valence-corrected chi connectivity index (χ4v) is 2.75. The minimum absolute atomic E-state index is 0.294. The van der Waals surface area contributed by atoms with Crippen LogP contribution in [-0.4, -0.2) is 39.3 Å². The molecule has 0 aromatic heterocycles. The second-order valence-corrected chi connectivity index (χ2v) is 7.24. The van der Waals surface area contributed by atoms with Crippen LogP contribution in [0.5, 0.6) is 0 Å². The molecular weight excluding hydrogens is 246 g/mol. The average Bonchev–Trinajstić information content (AvgIpc) is 2.38. The Bertz CT molecular complexity index is 431. The molecule has 1 aromatic rings. The second-order valence-electron chi connectivity index (χ2n) is 7.24. The summed E-state index contributed by atoms with van der Waals surface area (Å²) in [7, 11) is 4.16. The van der Waals surface area contributed by atoms with Gasteiger partial charge in [-0.15, -0.1) is 0 Å². The minimum Gasteiger partial charge on any atom is -0.378 e. The lowest BCUT2D eigenvalue weighted by molar-refractivity contribution is 0.239. The lowest BCUT2D eigenvalue weighted by Gasteiger charge is -2.45. The summed E-state index contributed by atoms with van der Waals surface area (Å²) in [6.45, 7) is 11.4. The number of anilines is 2. The first-order valence-corrected chi connectivity index (χ1v) is 7.56. The third kappa shape index (κ3) is 3.26. The van der Waals surface area contributed by atoms with Gasteiger partial charge in [-0.05, 0) is 36.6 Å². The standard InChI is InChI=1S/C17H29N3/c1-13-11-18-16(17(2,3)4)12-20(13)15-9-7-14(8-10-15)19(5)6/h7-10,13,16,18H,11-12H2,1-6H3. The number of hydrogen-bond donors (Lipinski definition) is 1. The van der Waals surface area contributed by atoms with E-state index >= 15 is 0 Å². The molecule has 2 rings (SSSR count). The Morgan fingerprint density at radius 3 is 2.25 bits per heavy atom. The highest BCUT2D eigenvalue weighted by molar-refractivity contribution is 5.56. The van der Waals surface area contributed by atoms with E-state index in [-0.39, 0.29) is 0 Å². The molecule has 3 nitrogen and oxygen atoms in total. The molecule has 20 heavy (non-hydrogen) atoms. The molecule has 0 amide bonds. The maximum atomic E-state index is 3.69. The van der Waals surface area contributed by atoms with Crippen molar-refractivity contribution in [2.24, 2.45) is 5.41 Å². The van der Waals surface area contributed by atoms with Gasteiger partial charge in [-0.3, -0.25) is 0 Å². The highest BCUT2D eigenvalue weighted by atomic mass is 15.2. The quantitative estimate of drug-likeness (QED) is 0.895. The molecule has 1 fully saturated rings. The lowest BCUT2D eigenvalue weighted by Crippen LogP contribution is -2.59. The van der Waals surface area contributed by atoms with Crippen molar-refractivity contribution in [3.8, 4) is 0 Å². The molecule has 2 unspecified atom stereocenters. The van der Waals surface area contributed by atoms with Gasteiger partial charge in [0.25, 0.3) is 0 Å². The van der Waals surface area contributed by atoms with Crippen LogP contribution in [0.3, 0.4) is 0 Å². The Labute approximate surface area is 124 Å². The molecule has 1 N–H and O–H groups in total. The van der Waals surface area contributed by atoms with Crippen molar-refractivity contribution < 1.29 is 0 Å². The van der Waals surface area contributed by atoms with Crippen LogP contribution in [0.25, 0.3) is 0 Å². The molecule has 1 aliphatic heterocycles. The molecule has 2 atom stereocenters. The van der Waals surface area contributed by atoms with Crippen molar-refractivity contribution in [1.82, 2.24) is 5.32 Å². The van der Waals surface area contributed by atoms with E-state index in [1.807, 2.05) is 0 Å². The van der Waals surface area contributed by atoms with Gasteiger partial charge in [-0.2, -0.15) is 0 Å². The summed E-state index contributed by atoms with van der Waals surface area (Å²) in [6.07, 6.45) is 0. The summed E-state index contributed by atoms with van der Waals surface area (Å²) in [5.74, 6) is 0. The van der Waals surface area contributed by atoms with E-state index in [0.717, 1.165) is 13.1 Å². The molecule has 1 heterocycles. The molecule has 0 saturated carbocycles. The number of benzene rings is 1. The van der Waals surface area contributed by atoms with Crippen LogP contribution in [0.1, 0.15) is 27.7 Å². The van der Waals surface area contributed by atoms with Gasteiger partial charge in [0.15, 0.2) is 0 Å². The molecule has 0 aliphatic carbocycles. The van der Waals surface area contributed by atoms with Gasteiger partial charge in [-0.25, -0.2) is 0 Å². The third-order valence-electron chi connectivity index (χ3n) is 4.31. The fourth-order valence-electron chi connectivity index (χ4n) is 2.75. The lowest BCUT2D eigenvalue weighted by atomic mass is 9.84. The monoisotopic (exact) mass is 275 g/mol. The maximum absolute atomic E-state index is 3.69. The molecule has 0 bridgehead atoms. The molecule has 1 aliphatic rings. The minimum atomic E-state index is 0.294. The number of piperazine rings is 1. The highest BCUT2D eigenvalue weighted by Gasteiger charge is 2.32. The van der Waals surface area contributed by atoms with Gasteiger partial charge in [0, 0.05) is 50.6 Å². The van der Waals surface area contributed by atoms with Gasteiger partial charge in [-0.1, -0.05) is 20.8 Å². The Morgan fingerprint density at radius 2 is 1.75 bits per heavy atom. The predicted octanol–water partition coefficient (Wildman–Crippen LogP) is 2.97. The Kier molecular flexibility index (Phi) is 4.28. The zero-order valence-corrected chi connectivity index (χ0v) is 13.8. The highest BCUT2D eigenvalue weighted by Crippen LogP contribution is 2.28. The third-order valence-corrected chi connectivity index (χ3v) is 4.31. The van der Waals surface area contributed by atoms with Crippen LogP contribution in [0.15, 0.2) is 24.3 Å². The summed E-state index contributed by atoms with van der Waals surface area (Å²) < 4.78 is 0. The smallest absolute Gasteiger partial charge is 0.0387 e. The van der Waals surface area contributed by atoms with Crippen LogP contribution in [-0.2, 0) is 0 Å². The summed E-state index contributed by atoms with van der Waals surface area (Å²) in [5.41, 5.74) is 2.88. The zero-order valence-electron chi connectivity index (χ0n) is 13.8. The average molecular weight is 275 g/mol. The molecule has 0 radical (unpaired) electrons. The second kappa shape index (κ2) is 5.65. The van der Waals surface area contributed by atoms with Crippen molar-refractivity contribution in [3.05, 3.63) is 24.3 Å². The van der Waals surface area contributed by atoms with Crippen molar-refractivity contribution in [1.29, 1.82) is 0 Å². The summed E-state index contributed by atoms with van der Waals surface area (Å²) in [4.78, 5) is 4.68. The van der Waals surface area contributed by atoms with Gasteiger partial charge < -0.3 is 15.1 Å². The van der Waals surface area contributed by atoms with E-state index in [4.69, 9.17) is 0 Å². The molecule has 1 saturated heterocycles. The Morgan fingerprint density at radius 1 is 1.15 bits per heavy atom. The molecular formula is C17H29N3. The number of nitrogens with zero attached hydrogens (tertiary/aromatic N) is 2. The fraction of sp³-hybridized carbons (Fsp3) is 0.647. The van der Waals surface area contributed by atoms with E-state index in [9.17, 15) is 0 Å². The molecule has 3 heteroatoms. The van der Waals surface area contributed by atoms with Crippen LogP contribution in [0.2, 0.25) is 0 Å². The number of hydrogen-bond acceptors (Lipinski definition) is 3. The normalized spacial score (nSPS) is 23.8. The topological polar surface area (TPSA) is 18.5 Å². The van der Waals surface area contributed by atoms with Crippen LogP contribution in [0, 0.1) is 5.41 Å². The molecule has 112 valence electrons. The SMILES string of the molecule is CC1CNC(C(C)(C)C)CN1c1ccc(N(C)C)cc1. The van der Waals surface area contributed by atoms with Crippen molar-refractivity contribution in [2.75, 3.05) is 37.0 Å². The molecule has 1 aromatic carbocycles. The largest absolute Gasteiger partial charge is 0.378 e. The van der Waals surface area contributed by atoms with E-state index in [1.54, 1.807) is 0 Å².